The minimum atomic E-state index is -0.170. The molecular weight excluding hydrogens is 352 g/mol. The summed E-state index contributed by atoms with van der Waals surface area (Å²) in [5.74, 6) is 0.111. The first-order chi connectivity index (χ1) is 13.3. The van der Waals surface area contributed by atoms with Gasteiger partial charge in [0.25, 0.3) is 6.47 Å². The van der Waals surface area contributed by atoms with Gasteiger partial charge in [0.2, 0.25) is 0 Å². The molecule has 0 radical (unpaired) electrons. The Bertz CT molecular complexity index is 626. The van der Waals surface area contributed by atoms with E-state index >= 15 is 0 Å². The second-order valence-electron chi connectivity index (χ2n) is 9.66. The van der Waals surface area contributed by atoms with Gasteiger partial charge in [-0.2, -0.15) is 0 Å². The molecule has 0 bridgehead atoms. The van der Waals surface area contributed by atoms with Gasteiger partial charge < -0.3 is 14.9 Å². The number of hydrogen-bond acceptors (Lipinski definition) is 4. The average Bonchev–Trinajstić information content (AvgIpc) is 3.38. The number of hydrogen-bond donors (Lipinski definition) is 2. The first-order valence-corrected chi connectivity index (χ1v) is 10.9. The minimum Gasteiger partial charge on any atom is -0.504 e. The quantitative estimate of drug-likeness (QED) is 0.244. The van der Waals surface area contributed by atoms with E-state index in [0.29, 0.717) is 11.9 Å². The minimum absolute atomic E-state index is 0.0511. The van der Waals surface area contributed by atoms with E-state index < -0.39 is 0 Å². The monoisotopic (exact) mass is 390 g/mol. The zero-order chi connectivity index (χ0) is 20.6. The predicted molar refractivity (Wildman–Crippen MR) is 113 cm³/mol. The molecule has 0 spiro atoms. The Kier molecular flexibility index (Phi) is 8.21. The van der Waals surface area contributed by atoms with Crippen LogP contribution in [0.1, 0.15) is 96.1 Å². The summed E-state index contributed by atoms with van der Waals surface area (Å²) in [6, 6.07) is 3.92. The van der Waals surface area contributed by atoms with E-state index in [0.717, 1.165) is 75.3 Å². The van der Waals surface area contributed by atoms with Crippen LogP contribution in [0.3, 0.4) is 0 Å². The maximum atomic E-state index is 10.5. The van der Waals surface area contributed by atoms with Gasteiger partial charge in [0.1, 0.15) is 5.60 Å². The van der Waals surface area contributed by atoms with Crippen LogP contribution in [0.25, 0.3) is 0 Å². The summed E-state index contributed by atoms with van der Waals surface area (Å²) in [5.41, 5.74) is 1.87. The van der Waals surface area contributed by atoms with Gasteiger partial charge in [-0.15, -0.1) is 0 Å². The van der Waals surface area contributed by atoms with Gasteiger partial charge in [0, 0.05) is 0 Å². The van der Waals surface area contributed by atoms with Crippen LogP contribution in [0.15, 0.2) is 12.1 Å². The normalized spacial score (nSPS) is 15.4. The van der Waals surface area contributed by atoms with Gasteiger partial charge in [-0.05, 0) is 74.3 Å². The summed E-state index contributed by atoms with van der Waals surface area (Å²) in [6.45, 7) is 7.36. The summed E-state index contributed by atoms with van der Waals surface area (Å²) in [5, 5.41) is 20.7. The zero-order valence-corrected chi connectivity index (χ0v) is 17.9. The Hall–Kier alpha value is -1.71. The van der Waals surface area contributed by atoms with Gasteiger partial charge in [-0.3, -0.25) is 4.79 Å². The van der Waals surface area contributed by atoms with Crippen molar-refractivity contribution in [1.29, 1.82) is 0 Å². The highest BCUT2D eigenvalue weighted by Gasteiger charge is 2.44. The standard InChI is InChI=1S/C24H38O4/c1-23(2,3)14-8-4-6-10-19-12-13-20(22(27)21(19)26)11-7-5-9-15-24(16-17-24)28-18-25/h12-13,18,26-27H,4-11,14-17H2,1-3H3. The molecular formula is C24H38O4. The van der Waals surface area contributed by atoms with Crippen LogP contribution < -0.4 is 0 Å². The van der Waals surface area contributed by atoms with Crippen LogP contribution in [0.5, 0.6) is 11.5 Å². The topological polar surface area (TPSA) is 66.8 Å². The SMILES string of the molecule is CC(C)(C)CCCCCc1ccc(CCCCCC2(OC=O)CC2)c(O)c1O. The molecule has 1 aromatic carbocycles. The lowest BCUT2D eigenvalue weighted by Gasteiger charge is -2.17. The number of carbonyl (C=O) groups is 1. The second-order valence-corrected chi connectivity index (χ2v) is 9.66. The number of aryl methyl sites for hydroxylation is 2. The van der Waals surface area contributed by atoms with E-state index in [1.54, 1.807) is 0 Å². The molecule has 2 N–H and O–H groups in total. The van der Waals surface area contributed by atoms with Crippen molar-refractivity contribution in [1.82, 2.24) is 0 Å². The van der Waals surface area contributed by atoms with Crippen LogP contribution in [0.4, 0.5) is 0 Å². The van der Waals surface area contributed by atoms with Crippen LogP contribution in [0, 0.1) is 5.41 Å². The summed E-state index contributed by atoms with van der Waals surface area (Å²) in [4.78, 5) is 10.5. The fourth-order valence-electron chi connectivity index (χ4n) is 3.82. The smallest absolute Gasteiger partial charge is 0.293 e. The van der Waals surface area contributed by atoms with Crippen molar-refractivity contribution < 1.29 is 19.7 Å². The summed E-state index contributed by atoms with van der Waals surface area (Å²) < 4.78 is 5.16. The highest BCUT2D eigenvalue weighted by Crippen LogP contribution is 2.43. The number of benzene rings is 1. The van der Waals surface area contributed by atoms with Crippen LogP contribution in [-0.2, 0) is 22.4 Å². The van der Waals surface area contributed by atoms with Crippen molar-refractivity contribution in [3.8, 4) is 11.5 Å². The second kappa shape index (κ2) is 10.2. The number of rotatable bonds is 13. The molecule has 1 aromatic rings. The lowest BCUT2D eigenvalue weighted by atomic mass is 9.89. The third-order valence-electron chi connectivity index (χ3n) is 5.88. The van der Waals surface area contributed by atoms with Crippen molar-refractivity contribution in [3.05, 3.63) is 23.3 Å². The molecule has 1 fully saturated rings. The maximum absolute atomic E-state index is 10.5. The Morgan fingerprint density at radius 3 is 1.93 bits per heavy atom. The van der Waals surface area contributed by atoms with E-state index in [1.165, 1.54) is 12.8 Å². The van der Waals surface area contributed by atoms with E-state index in [1.807, 2.05) is 12.1 Å². The molecule has 1 aliphatic rings. The summed E-state index contributed by atoms with van der Waals surface area (Å²) in [7, 11) is 0. The lowest BCUT2D eigenvalue weighted by Crippen LogP contribution is -2.12. The van der Waals surface area contributed by atoms with Gasteiger partial charge in [-0.25, -0.2) is 0 Å². The molecule has 0 heterocycles. The highest BCUT2D eigenvalue weighted by molar-refractivity contribution is 5.50. The van der Waals surface area contributed by atoms with Crippen molar-refractivity contribution in [3.63, 3.8) is 0 Å². The van der Waals surface area contributed by atoms with Gasteiger partial charge in [-0.1, -0.05) is 52.2 Å². The lowest BCUT2D eigenvalue weighted by molar-refractivity contribution is -0.135. The van der Waals surface area contributed by atoms with Crippen molar-refractivity contribution in [2.24, 2.45) is 5.41 Å². The molecule has 0 atom stereocenters. The molecule has 0 amide bonds. The highest BCUT2D eigenvalue weighted by atomic mass is 16.5. The molecule has 28 heavy (non-hydrogen) atoms. The number of phenolic OH excluding ortho intramolecular Hbond substituents is 2. The van der Waals surface area contributed by atoms with E-state index in [4.69, 9.17) is 4.74 Å². The zero-order valence-electron chi connectivity index (χ0n) is 17.9. The molecule has 0 unspecified atom stereocenters. The molecule has 4 heteroatoms. The molecule has 0 aromatic heterocycles. The largest absolute Gasteiger partial charge is 0.504 e. The first-order valence-electron chi connectivity index (χ1n) is 10.9. The van der Waals surface area contributed by atoms with E-state index in [9.17, 15) is 15.0 Å². The van der Waals surface area contributed by atoms with Crippen LogP contribution >= 0.6 is 0 Å². The molecule has 4 nitrogen and oxygen atoms in total. The number of aromatic hydroxyl groups is 2. The van der Waals surface area contributed by atoms with Crippen molar-refractivity contribution in [2.45, 2.75) is 103 Å². The Labute approximate surface area is 170 Å². The molecule has 0 saturated heterocycles. The average molecular weight is 391 g/mol. The molecule has 0 aliphatic heterocycles. The molecule has 158 valence electrons. The number of unbranched alkanes of at least 4 members (excludes halogenated alkanes) is 4. The fourth-order valence-corrected chi connectivity index (χ4v) is 3.82. The third kappa shape index (κ3) is 7.37. The maximum Gasteiger partial charge on any atom is 0.293 e. The summed E-state index contributed by atoms with van der Waals surface area (Å²) >= 11 is 0. The van der Waals surface area contributed by atoms with E-state index in [-0.39, 0.29) is 17.1 Å². The number of carbonyl (C=O) groups excluding carboxylic acids is 1. The Morgan fingerprint density at radius 2 is 1.46 bits per heavy atom. The first kappa shape index (κ1) is 22.6. The fraction of sp³-hybridized carbons (Fsp3) is 0.708. The van der Waals surface area contributed by atoms with Gasteiger partial charge in [0.15, 0.2) is 11.5 Å². The van der Waals surface area contributed by atoms with Crippen molar-refractivity contribution in [2.75, 3.05) is 0 Å². The number of ether oxygens (including phenoxy) is 1. The van der Waals surface area contributed by atoms with Crippen LogP contribution in [-0.4, -0.2) is 22.3 Å². The van der Waals surface area contributed by atoms with E-state index in [2.05, 4.69) is 20.8 Å². The summed E-state index contributed by atoms with van der Waals surface area (Å²) in [6.07, 6.45) is 12.1. The molecule has 2 rings (SSSR count). The third-order valence-corrected chi connectivity index (χ3v) is 5.88. The molecule has 1 saturated carbocycles. The Balaban J connectivity index is 1.69. The predicted octanol–water partition coefficient (Wildman–Crippen LogP) is 6.06. The number of phenols is 2. The molecule has 1 aliphatic carbocycles. The Morgan fingerprint density at radius 1 is 0.929 bits per heavy atom. The van der Waals surface area contributed by atoms with Gasteiger partial charge >= 0.3 is 0 Å². The van der Waals surface area contributed by atoms with Gasteiger partial charge in [0.05, 0.1) is 0 Å². The van der Waals surface area contributed by atoms with Crippen LogP contribution in [0.2, 0.25) is 0 Å². The van der Waals surface area contributed by atoms with Crippen molar-refractivity contribution >= 4 is 6.47 Å².